The molecule has 98 valence electrons. The number of nitriles is 1. The molecule has 1 spiro atoms. The smallest absolute Gasteiger partial charge is 0.322 e. The largest absolute Gasteiger partial charge is 0.465 e. The maximum Gasteiger partial charge on any atom is 0.322 e. The van der Waals surface area contributed by atoms with Gasteiger partial charge in [-0.3, -0.25) is 9.59 Å². The van der Waals surface area contributed by atoms with Gasteiger partial charge in [0.1, 0.15) is 11.5 Å². The molecule has 18 heavy (non-hydrogen) atoms. The Balaban J connectivity index is 2.24. The van der Waals surface area contributed by atoms with Gasteiger partial charge in [-0.1, -0.05) is 6.42 Å². The number of hydrogen-bond acceptors (Lipinski definition) is 5. The Hall–Kier alpha value is -1.57. The second-order valence-corrected chi connectivity index (χ2v) is 4.88. The van der Waals surface area contributed by atoms with Crippen LogP contribution in [0.5, 0.6) is 0 Å². The van der Waals surface area contributed by atoms with E-state index >= 15 is 0 Å². The van der Waals surface area contributed by atoms with Crippen LogP contribution < -0.4 is 0 Å². The molecule has 0 N–H and O–H groups in total. The van der Waals surface area contributed by atoms with Gasteiger partial charge in [-0.05, 0) is 32.6 Å². The molecule has 2 atom stereocenters. The van der Waals surface area contributed by atoms with Gasteiger partial charge < -0.3 is 9.47 Å². The van der Waals surface area contributed by atoms with E-state index in [0.29, 0.717) is 12.8 Å². The Kier molecular flexibility index (Phi) is 3.55. The number of esters is 2. The summed E-state index contributed by atoms with van der Waals surface area (Å²) in [6, 6.07) is 2.10. The summed E-state index contributed by atoms with van der Waals surface area (Å²) < 4.78 is 10.3. The molecule has 0 bridgehead atoms. The molecule has 1 heterocycles. The average molecular weight is 251 g/mol. The van der Waals surface area contributed by atoms with Gasteiger partial charge in [0.15, 0.2) is 5.92 Å². The Morgan fingerprint density at radius 2 is 2.17 bits per heavy atom. The predicted molar refractivity (Wildman–Crippen MR) is 61.1 cm³/mol. The summed E-state index contributed by atoms with van der Waals surface area (Å²) in [5.74, 6) is -2.99. The lowest BCUT2D eigenvalue weighted by Gasteiger charge is -2.34. The number of rotatable bonds is 2. The van der Waals surface area contributed by atoms with Crippen LogP contribution in [0, 0.1) is 23.2 Å². The van der Waals surface area contributed by atoms with E-state index in [0.717, 1.165) is 19.3 Å². The SMILES string of the molecule is CCOC(=O)[C@H]1C(=O)OC2(CCCCC2)[C@@H]1C#N. The summed E-state index contributed by atoms with van der Waals surface area (Å²) in [7, 11) is 0. The maximum absolute atomic E-state index is 11.9. The van der Waals surface area contributed by atoms with Gasteiger partial charge in [-0.15, -0.1) is 0 Å². The van der Waals surface area contributed by atoms with Crippen LogP contribution in [0.3, 0.4) is 0 Å². The monoisotopic (exact) mass is 251 g/mol. The molecule has 5 heteroatoms. The number of ether oxygens (including phenoxy) is 2. The van der Waals surface area contributed by atoms with Gasteiger partial charge in [0.05, 0.1) is 12.7 Å². The summed E-state index contributed by atoms with van der Waals surface area (Å²) in [6.07, 6.45) is 4.29. The van der Waals surface area contributed by atoms with E-state index in [1.807, 2.05) is 0 Å². The number of nitrogens with zero attached hydrogens (tertiary/aromatic N) is 1. The lowest BCUT2D eigenvalue weighted by atomic mass is 9.73. The first-order chi connectivity index (χ1) is 8.64. The van der Waals surface area contributed by atoms with Crippen molar-refractivity contribution in [3.8, 4) is 6.07 Å². The molecule has 0 unspecified atom stereocenters. The molecule has 0 aromatic rings. The fourth-order valence-electron chi connectivity index (χ4n) is 2.99. The molecule has 0 radical (unpaired) electrons. The van der Waals surface area contributed by atoms with Gasteiger partial charge in [0.2, 0.25) is 0 Å². The molecule has 2 rings (SSSR count). The maximum atomic E-state index is 11.9. The highest BCUT2D eigenvalue weighted by atomic mass is 16.6. The van der Waals surface area contributed by atoms with Crippen LogP contribution in [0.1, 0.15) is 39.0 Å². The van der Waals surface area contributed by atoms with E-state index in [-0.39, 0.29) is 6.61 Å². The van der Waals surface area contributed by atoms with Crippen LogP contribution in [-0.4, -0.2) is 24.1 Å². The lowest BCUT2D eigenvalue weighted by Crippen LogP contribution is -2.39. The Morgan fingerprint density at radius 1 is 1.50 bits per heavy atom. The minimum Gasteiger partial charge on any atom is -0.465 e. The average Bonchev–Trinajstić information content (AvgIpc) is 2.62. The molecule has 0 amide bonds. The fourth-order valence-corrected chi connectivity index (χ4v) is 2.99. The molecule has 0 aromatic carbocycles. The summed E-state index contributed by atoms with van der Waals surface area (Å²) in [5, 5.41) is 9.30. The van der Waals surface area contributed by atoms with E-state index in [1.165, 1.54) is 0 Å². The van der Waals surface area contributed by atoms with Crippen molar-refractivity contribution in [3.63, 3.8) is 0 Å². The van der Waals surface area contributed by atoms with Crippen LogP contribution >= 0.6 is 0 Å². The second kappa shape index (κ2) is 4.97. The van der Waals surface area contributed by atoms with Crippen LogP contribution in [0.4, 0.5) is 0 Å². The summed E-state index contributed by atoms with van der Waals surface area (Å²) in [6.45, 7) is 1.88. The molecule has 2 aliphatic rings. The van der Waals surface area contributed by atoms with Crippen molar-refractivity contribution in [2.75, 3.05) is 6.61 Å². The molecular formula is C13H17NO4. The fraction of sp³-hybridized carbons (Fsp3) is 0.769. The van der Waals surface area contributed by atoms with Crippen LogP contribution in [-0.2, 0) is 19.1 Å². The van der Waals surface area contributed by atoms with Gasteiger partial charge in [0.25, 0.3) is 0 Å². The highest BCUT2D eigenvalue weighted by Gasteiger charge is 2.59. The first-order valence-electron chi connectivity index (χ1n) is 6.44. The molecule has 5 nitrogen and oxygen atoms in total. The summed E-state index contributed by atoms with van der Waals surface area (Å²) >= 11 is 0. The minimum atomic E-state index is -1.06. The van der Waals surface area contributed by atoms with Crippen LogP contribution in [0.2, 0.25) is 0 Å². The highest BCUT2D eigenvalue weighted by molar-refractivity contribution is 5.97. The molecule has 0 aromatic heterocycles. The number of carbonyl (C=O) groups excluding carboxylic acids is 2. The lowest BCUT2D eigenvalue weighted by molar-refractivity contribution is -0.159. The third-order valence-corrected chi connectivity index (χ3v) is 3.84. The zero-order valence-corrected chi connectivity index (χ0v) is 10.5. The molecule has 1 aliphatic carbocycles. The normalized spacial score (nSPS) is 29.7. The van der Waals surface area contributed by atoms with E-state index in [9.17, 15) is 14.9 Å². The van der Waals surface area contributed by atoms with Crippen molar-refractivity contribution in [1.82, 2.24) is 0 Å². The molecule has 1 aliphatic heterocycles. The zero-order chi connectivity index (χ0) is 13.2. The Morgan fingerprint density at radius 3 is 2.72 bits per heavy atom. The van der Waals surface area contributed by atoms with Crippen molar-refractivity contribution < 1.29 is 19.1 Å². The Labute approximate surface area is 106 Å². The summed E-state index contributed by atoms with van der Waals surface area (Å²) in [5.41, 5.74) is -0.749. The molecule has 1 saturated heterocycles. The highest BCUT2D eigenvalue weighted by Crippen LogP contribution is 2.46. The van der Waals surface area contributed by atoms with E-state index < -0.39 is 29.4 Å². The minimum absolute atomic E-state index is 0.202. The van der Waals surface area contributed by atoms with Gasteiger partial charge >= 0.3 is 11.9 Å². The van der Waals surface area contributed by atoms with Gasteiger partial charge in [-0.2, -0.15) is 5.26 Å². The van der Waals surface area contributed by atoms with Gasteiger partial charge in [-0.25, -0.2) is 0 Å². The van der Waals surface area contributed by atoms with E-state index in [2.05, 4.69) is 6.07 Å². The topological polar surface area (TPSA) is 76.4 Å². The quantitative estimate of drug-likeness (QED) is 0.550. The number of carbonyl (C=O) groups is 2. The third-order valence-electron chi connectivity index (χ3n) is 3.84. The molecule has 1 saturated carbocycles. The first kappa shape index (κ1) is 12.9. The van der Waals surface area contributed by atoms with E-state index in [4.69, 9.17) is 9.47 Å². The van der Waals surface area contributed by atoms with Crippen LogP contribution in [0.15, 0.2) is 0 Å². The zero-order valence-electron chi connectivity index (χ0n) is 10.5. The Bertz CT molecular complexity index is 392. The molecule has 2 fully saturated rings. The first-order valence-corrected chi connectivity index (χ1v) is 6.44. The van der Waals surface area contributed by atoms with Crippen molar-refractivity contribution in [2.45, 2.75) is 44.6 Å². The van der Waals surface area contributed by atoms with E-state index in [1.54, 1.807) is 6.92 Å². The van der Waals surface area contributed by atoms with Crippen LogP contribution in [0.25, 0.3) is 0 Å². The van der Waals surface area contributed by atoms with Crippen molar-refractivity contribution in [1.29, 1.82) is 5.26 Å². The van der Waals surface area contributed by atoms with Crippen molar-refractivity contribution in [3.05, 3.63) is 0 Å². The number of hydrogen-bond donors (Lipinski definition) is 0. The summed E-state index contributed by atoms with van der Waals surface area (Å²) in [4.78, 5) is 23.6. The molecular weight excluding hydrogens is 234 g/mol. The second-order valence-electron chi connectivity index (χ2n) is 4.88. The van der Waals surface area contributed by atoms with Crippen molar-refractivity contribution >= 4 is 11.9 Å². The third kappa shape index (κ3) is 1.96. The predicted octanol–water partition coefficient (Wildman–Crippen LogP) is 1.57. The van der Waals surface area contributed by atoms with Gasteiger partial charge in [0, 0.05) is 0 Å². The standard InChI is InChI=1S/C13H17NO4/c1-2-17-11(15)10-9(8-14)13(18-12(10)16)6-4-3-5-7-13/h9-10H,2-7H2,1H3/t9-,10+/m1/s1. The van der Waals surface area contributed by atoms with Crippen molar-refractivity contribution in [2.24, 2.45) is 11.8 Å².